The van der Waals surface area contributed by atoms with Crippen molar-refractivity contribution in [1.29, 1.82) is 0 Å². The van der Waals surface area contributed by atoms with E-state index < -0.39 is 0 Å². The molecule has 0 bridgehead atoms. The highest BCUT2D eigenvalue weighted by Crippen LogP contribution is 2.24. The molecular weight excluding hydrogens is 236 g/mol. The van der Waals surface area contributed by atoms with Crippen molar-refractivity contribution in [2.24, 2.45) is 0 Å². The lowest BCUT2D eigenvalue weighted by molar-refractivity contribution is 0.584. The Balaban J connectivity index is 1.85. The van der Waals surface area contributed by atoms with Gasteiger partial charge in [0.15, 0.2) is 5.82 Å². The van der Waals surface area contributed by atoms with Crippen LogP contribution in [0.2, 0.25) is 0 Å². The van der Waals surface area contributed by atoms with Crippen molar-refractivity contribution in [2.75, 3.05) is 31.1 Å². The zero-order valence-electron chi connectivity index (χ0n) is 11.5. The number of anilines is 1. The predicted octanol–water partition coefficient (Wildman–Crippen LogP) is 2.10. The summed E-state index contributed by atoms with van der Waals surface area (Å²) in [5.41, 5.74) is 4.94. The molecule has 0 radical (unpaired) electrons. The maximum Gasteiger partial charge on any atom is 0.151 e. The van der Waals surface area contributed by atoms with Crippen LogP contribution in [-0.2, 0) is 0 Å². The zero-order chi connectivity index (χ0) is 13.2. The first kappa shape index (κ1) is 12.2. The largest absolute Gasteiger partial charge is 0.353 e. The first-order valence-electron chi connectivity index (χ1n) is 6.83. The standard InChI is InChI=1S/C15H20N4/c1-11-3-4-13(9-12(11)2)14-10-15(18-17-14)19-7-5-16-6-8-19/h3-4,9-10,16H,5-8H2,1-2H3,(H,17,18). The minimum atomic E-state index is 1.03. The third kappa shape index (κ3) is 2.49. The SMILES string of the molecule is Cc1ccc(-c2cc(N3CCNCC3)n[nH]2)cc1C. The van der Waals surface area contributed by atoms with E-state index in [2.05, 4.69) is 58.5 Å². The van der Waals surface area contributed by atoms with E-state index in [9.17, 15) is 0 Å². The topological polar surface area (TPSA) is 44.0 Å². The summed E-state index contributed by atoms with van der Waals surface area (Å²) in [6.07, 6.45) is 0. The number of aromatic nitrogens is 2. The summed E-state index contributed by atoms with van der Waals surface area (Å²) >= 11 is 0. The molecular formula is C15H20N4. The fourth-order valence-corrected chi connectivity index (χ4v) is 2.42. The van der Waals surface area contributed by atoms with Crippen molar-refractivity contribution in [3.05, 3.63) is 35.4 Å². The molecule has 0 atom stereocenters. The highest BCUT2D eigenvalue weighted by atomic mass is 15.3. The molecule has 2 aromatic rings. The molecule has 2 heterocycles. The van der Waals surface area contributed by atoms with E-state index in [1.54, 1.807) is 0 Å². The van der Waals surface area contributed by atoms with Gasteiger partial charge in [0.1, 0.15) is 0 Å². The second-order valence-electron chi connectivity index (χ2n) is 5.18. The van der Waals surface area contributed by atoms with E-state index >= 15 is 0 Å². The molecule has 0 amide bonds. The number of H-pyrrole nitrogens is 1. The second-order valence-corrected chi connectivity index (χ2v) is 5.18. The van der Waals surface area contributed by atoms with Crippen molar-refractivity contribution < 1.29 is 0 Å². The minimum Gasteiger partial charge on any atom is -0.353 e. The molecule has 4 nitrogen and oxygen atoms in total. The Bertz CT molecular complexity index is 567. The van der Waals surface area contributed by atoms with Gasteiger partial charge in [-0.1, -0.05) is 12.1 Å². The third-order valence-corrected chi connectivity index (χ3v) is 3.82. The van der Waals surface area contributed by atoms with Gasteiger partial charge in [-0.3, -0.25) is 5.10 Å². The van der Waals surface area contributed by atoms with E-state index in [1.165, 1.54) is 16.7 Å². The van der Waals surface area contributed by atoms with Gasteiger partial charge in [0.05, 0.1) is 5.69 Å². The van der Waals surface area contributed by atoms with E-state index in [-0.39, 0.29) is 0 Å². The summed E-state index contributed by atoms with van der Waals surface area (Å²) in [5.74, 6) is 1.05. The Hall–Kier alpha value is -1.81. The summed E-state index contributed by atoms with van der Waals surface area (Å²) in [6.45, 7) is 8.40. The summed E-state index contributed by atoms with van der Waals surface area (Å²) in [5, 5.41) is 11.0. The third-order valence-electron chi connectivity index (χ3n) is 3.82. The van der Waals surface area contributed by atoms with Crippen LogP contribution >= 0.6 is 0 Å². The van der Waals surface area contributed by atoms with Gasteiger partial charge in [0.25, 0.3) is 0 Å². The summed E-state index contributed by atoms with van der Waals surface area (Å²) < 4.78 is 0. The van der Waals surface area contributed by atoms with Crippen molar-refractivity contribution in [3.8, 4) is 11.3 Å². The molecule has 1 fully saturated rings. The quantitative estimate of drug-likeness (QED) is 0.865. The van der Waals surface area contributed by atoms with Crippen LogP contribution in [0.15, 0.2) is 24.3 Å². The van der Waals surface area contributed by atoms with E-state index in [1.807, 2.05) is 0 Å². The number of hydrogen-bond donors (Lipinski definition) is 2. The predicted molar refractivity (Wildman–Crippen MR) is 78.6 cm³/mol. The molecule has 0 saturated carbocycles. The van der Waals surface area contributed by atoms with Crippen molar-refractivity contribution >= 4 is 5.82 Å². The van der Waals surface area contributed by atoms with Crippen molar-refractivity contribution in [2.45, 2.75) is 13.8 Å². The van der Waals surface area contributed by atoms with Crippen molar-refractivity contribution in [1.82, 2.24) is 15.5 Å². The lowest BCUT2D eigenvalue weighted by atomic mass is 10.0. The van der Waals surface area contributed by atoms with Crippen LogP contribution in [0.4, 0.5) is 5.82 Å². The zero-order valence-corrected chi connectivity index (χ0v) is 11.5. The van der Waals surface area contributed by atoms with E-state index in [0.29, 0.717) is 0 Å². The average molecular weight is 256 g/mol. The number of nitrogens with zero attached hydrogens (tertiary/aromatic N) is 2. The minimum absolute atomic E-state index is 1.03. The second kappa shape index (κ2) is 5.05. The van der Waals surface area contributed by atoms with E-state index in [4.69, 9.17) is 0 Å². The van der Waals surface area contributed by atoms with Crippen LogP contribution in [0, 0.1) is 13.8 Å². The molecule has 1 aliphatic heterocycles. The van der Waals surface area contributed by atoms with Gasteiger partial charge < -0.3 is 10.2 Å². The molecule has 2 N–H and O–H groups in total. The molecule has 4 heteroatoms. The number of aromatic amines is 1. The number of rotatable bonds is 2. The van der Waals surface area contributed by atoms with Gasteiger partial charge in [-0.05, 0) is 36.6 Å². The summed E-state index contributed by atoms with van der Waals surface area (Å²) in [6, 6.07) is 8.67. The first-order valence-corrected chi connectivity index (χ1v) is 6.83. The van der Waals surface area contributed by atoms with Crippen LogP contribution in [-0.4, -0.2) is 36.4 Å². The number of benzene rings is 1. The molecule has 3 rings (SSSR count). The maximum absolute atomic E-state index is 4.44. The number of nitrogens with one attached hydrogen (secondary N) is 2. The Morgan fingerprint density at radius 2 is 1.84 bits per heavy atom. The van der Waals surface area contributed by atoms with Gasteiger partial charge >= 0.3 is 0 Å². The molecule has 1 aliphatic rings. The average Bonchev–Trinajstić information content (AvgIpc) is 2.93. The van der Waals surface area contributed by atoms with Crippen molar-refractivity contribution in [3.63, 3.8) is 0 Å². The molecule has 1 aromatic carbocycles. The highest BCUT2D eigenvalue weighted by Gasteiger charge is 2.14. The molecule has 19 heavy (non-hydrogen) atoms. The normalized spacial score (nSPS) is 15.8. The fourth-order valence-electron chi connectivity index (χ4n) is 2.42. The summed E-state index contributed by atoms with van der Waals surface area (Å²) in [7, 11) is 0. The lowest BCUT2D eigenvalue weighted by Gasteiger charge is -2.26. The molecule has 0 aliphatic carbocycles. The molecule has 100 valence electrons. The number of piperazine rings is 1. The molecule has 0 unspecified atom stereocenters. The van der Waals surface area contributed by atoms with Gasteiger partial charge in [-0.25, -0.2) is 0 Å². The Morgan fingerprint density at radius 1 is 1.05 bits per heavy atom. The molecule has 1 saturated heterocycles. The Kier molecular flexibility index (Phi) is 3.25. The number of hydrogen-bond acceptors (Lipinski definition) is 3. The van der Waals surface area contributed by atoms with Crippen LogP contribution in [0.5, 0.6) is 0 Å². The fraction of sp³-hybridized carbons (Fsp3) is 0.400. The lowest BCUT2D eigenvalue weighted by Crippen LogP contribution is -2.43. The Labute approximate surface area is 113 Å². The van der Waals surface area contributed by atoms with Crippen LogP contribution in [0.25, 0.3) is 11.3 Å². The van der Waals surface area contributed by atoms with Crippen LogP contribution < -0.4 is 10.2 Å². The maximum atomic E-state index is 4.44. The summed E-state index contributed by atoms with van der Waals surface area (Å²) in [4.78, 5) is 2.32. The van der Waals surface area contributed by atoms with Gasteiger partial charge in [-0.2, -0.15) is 5.10 Å². The number of aryl methyl sites for hydroxylation is 2. The highest BCUT2D eigenvalue weighted by molar-refractivity contribution is 5.64. The Morgan fingerprint density at radius 3 is 2.58 bits per heavy atom. The smallest absolute Gasteiger partial charge is 0.151 e. The first-order chi connectivity index (χ1) is 9.24. The van der Waals surface area contributed by atoms with Crippen LogP contribution in [0.3, 0.4) is 0 Å². The van der Waals surface area contributed by atoms with Gasteiger partial charge in [0, 0.05) is 32.2 Å². The van der Waals surface area contributed by atoms with Crippen LogP contribution in [0.1, 0.15) is 11.1 Å². The van der Waals surface area contributed by atoms with E-state index in [0.717, 1.165) is 37.7 Å². The van der Waals surface area contributed by atoms with Gasteiger partial charge in [0.2, 0.25) is 0 Å². The monoisotopic (exact) mass is 256 g/mol. The van der Waals surface area contributed by atoms with Gasteiger partial charge in [-0.15, -0.1) is 0 Å². The molecule has 0 spiro atoms. The molecule has 1 aromatic heterocycles.